The van der Waals surface area contributed by atoms with Gasteiger partial charge < -0.3 is 10.1 Å². The van der Waals surface area contributed by atoms with E-state index in [-0.39, 0.29) is 5.60 Å². The first-order valence-electron chi connectivity index (χ1n) is 7.69. The molecule has 0 spiro atoms. The maximum Gasteiger partial charge on any atom is 0.0832 e. The second kappa shape index (κ2) is 6.19. The lowest BCUT2D eigenvalue weighted by molar-refractivity contribution is -0.116. The van der Waals surface area contributed by atoms with E-state index < -0.39 is 0 Å². The van der Waals surface area contributed by atoms with Crippen LogP contribution in [-0.4, -0.2) is 24.8 Å². The van der Waals surface area contributed by atoms with Crippen molar-refractivity contribution in [2.45, 2.75) is 76.9 Å². The molecule has 2 heteroatoms. The SMILES string of the molecule is CCC1(CC)OCCNC1C1CCCCCC1. The van der Waals surface area contributed by atoms with Gasteiger partial charge in [0.2, 0.25) is 0 Å². The van der Waals surface area contributed by atoms with E-state index in [9.17, 15) is 0 Å². The van der Waals surface area contributed by atoms with Crippen molar-refractivity contribution in [2.75, 3.05) is 13.2 Å². The Balaban J connectivity index is 2.08. The summed E-state index contributed by atoms with van der Waals surface area (Å²) in [6.07, 6.45) is 10.8. The minimum absolute atomic E-state index is 0.118. The molecule has 1 heterocycles. The van der Waals surface area contributed by atoms with Crippen molar-refractivity contribution < 1.29 is 4.74 Å². The molecule has 1 unspecified atom stereocenters. The lowest BCUT2D eigenvalue weighted by Crippen LogP contribution is -2.60. The molecule has 0 aromatic carbocycles. The first-order chi connectivity index (χ1) is 8.32. The van der Waals surface area contributed by atoms with Crippen molar-refractivity contribution in [1.29, 1.82) is 0 Å². The zero-order valence-corrected chi connectivity index (χ0v) is 11.6. The van der Waals surface area contributed by atoms with E-state index in [1.807, 2.05) is 0 Å². The molecule has 1 saturated carbocycles. The van der Waals surface area contributed by atoms with Gasteiger partial charge in [-0.15, -0.1) is 0 Å². The number of nitrogens with one attached hydrogen (secondary N) is 1. The molecule has 0 aromatic heterocycles. The summed E-state index contributed by atoms with van der Waals surface area (Å²) in [4.78, 5) is 0. The highest BCUT2D eigenvalue weighted by Gasteiger charge is 2.42. The molecule has 100 valence electrons. The first kappa shape index (κ1) is 13.4. The van der Waals surface area contributed by atoms with Gasteiger partial charge in [0.05, 0.1) is 12.2 Å². The zero-order chi connectivity index (χ0) is 12.1. The van der Waals surface area contributed by atoms with Crippen molar-refractivity contribution in [1.82, 2.24) is 5.32 Å². The van der Waals surface area contributed by atoms with Crippen LogP contribution in [0.15, 0.2) is 0 Å². The molecule has 1 aliphatic heterocycles. The monoisotopic (exact) mass is 239 g/mol. The second-order valence-corrected chi connectivity index (χ2v) is 5.80. The summed E-state index contributed by atoms with van der Waals surface area (Å²) < 4.78 is 6.21. The van der Waals surface area contributed by atoms with Gasteiger partial charge >= 0.3 is 0 Å². The van der Waals surface area contributed by atoms with Crippen LogP contribution >= 0.6 is 0 Å². The zero-order valence-electron chi connectivity index (χ0n) is 11.6. The Labute approximate surface area is 107 Å². The maximum atomic E-state index is 6.21. The third-order valence-corrected chi connectivity index (χ3v) is 4.99. The van der Waals surface area contributed by atoms with Crippen molar-refractivity contribution >= 4 is 0 Å². The Hall–Kier alpha value is -0.0800. The molecular formula is C15H29NO. The summed E-state index contributed by atoms with van der Waals surface area (Å²) in [6.45, 7) is 6.52. The van der Waals surface area contributed by atoms with E-state index in [0.29, 0.717) is 6.04 Å². The molecule has 17 heavy (non-hydrogen) atoms. The molecule has 2 aliphatic rings. The van der Waals surface area contributed by atoms with Gasteiger partial charge in [0.25, 0.3) is 0 Å². The number of morpholine rings is 1. The quantitative estimate of drug-likeness (QED) is 0.761. The molecule has 0 bridgehead atoms. The highest BCUT2D eigenvalue weighted by Crippen LogP contribution is 2.36. The molecule has 1 N–H and O–H groups in total. The molecule has 1 saturated heterocycles. The summed E-state index contributed by atoms with van der Waals surface area (Å²) in [6, 6.07) is 0.601. The van der Waals surface area contributed by atoms with Gasteiger partial charge in [-0.25, -0.2) is 0 Å². The van der Waals surface area contributed by atoms with E-state index in [2.05, 4.69) is 19.2 Å². The Morgan fingerprint density at radius 1 is 1.06 bits per heavy atom. The van der Waals surface area contributed by atoms with Gasteiger partial charge in [-0.1, -0.05) is 39.5 Å². The number of rotatable bonds is 3. The van der Waals surface area contributed by atoms with Gasteiger partial charge in [0, 0.05) is 12.6 Å². The fraction of sp³-hybridized carbons (Fsp3) is 1.00. The highest BCUT2D eigenvalue weighted by molar-refractivity contribution is 4.98. The topological polar surface area (TPSA) is 21.3 Å². The normalized spacial score (nSPS) is 31.1. The molecule has 1 aliphatic carbocycles. The number of ether oxygens (including phenoxy) is 1. The molecule has 0 amide bonds. The van der Waals surface area contributed by atoms with Crippen LogP contribution in [0.2, 0.25) is 0 Å². The molecule has 0 radical (unpaired) electrons. The van der Waals surface area contributed by atoms with Crippen LogP contribution in [0.4, 0.5) is 0 Å². The van der Waals surface area contributed by atoms with E-state index >= 15 is 0 Å². The minimum atomic E-state index is 0.118. The molecule has 2 fully saturated rings. The predicted octanol–water partition coefficient (Wildman–Crippen LogP) is 3.50. The van der Waals surface area contributed by atoms with E-state index in [0.717, 1.165) is 31.9 Å². The minimum Gasteiger partial charge on any atom is -0.372 e. The van der Waals surface area contributed by atoms with Crippen LogP contribution in [0.25, 0.3) is 0 Å². The van der Waals surface area contributed by atoms with Crippen LogP contribution in [0.5, 0.6) is 0 Å². The standard InChI is InChI=1S/C15H29NO/c1-3-15(4-2)14(16-11-12-17-15)13-9-7-5-6-8-10-13/h13-14,16H,3-12H2,1-2H3. The Morgan fingerprint density at radius 3 is 2.29 bits per heavy atom. The maximum absolute atomic E-state index is 6.21. The van der Waals surface area contributed by atoms with Crippen LogP contribution in [0.3, 0.4) is 0 Å². The van der Waals surface area contributed by atoms with Crippen molar-refractivity contribution in [2.24, 2.45) is 5.92 Å². The van der Waals surface area contributed by atoms with E-state index in [4.69, 9.17) is 4.74 Å². The van der Waals surface area contributed by atoms with Crippen LogP contribution in [0.1, 0.15) is 65.2 Å². The number of hydrogen-bond donors (Lipinski definition) is 1. The smallest absolute Gasteiger partial charge is 0.0832 e. The van der Waals surface area contributed by atoms with Crippen molar-refractivity contribution in [3.8, 4) is 0 Å². The van der Waals surface area contributed by atoms with Crippen LogP contribution in [-0.2, 0) is 4.74 Å². The first-order valence-corrected chi connectivity index (χ1v) is 7.69. The largest absolute Gasteiger partial charge is 0.372 e. The third kappa shape index (κ3) is 2.85. The molecular weight excluding hydrogens is 210 g/mol. The lowest BCUT2D eigenvalue weighted by atomic mass is 9.76. The summed E-state index contributed by atoms with van der Waals surface area (Å²) >= 11 is 0. The Kier molecular flexibility index (Phi) is 4.87. The van der Waals surface area contributed by atoms with Crippen LogP contribution in [0, 0.1) is 5.92 Å². The Bertz CT molecular complexity index is 217. The molecule has 1 atom stereocenters. The van der Waals surface area contributed by atoms with Gasteiger partial charge in [0.1, 0.15) is 0 Å². The van der Waals surface area contributed by atoms with Crippen molar-refractivity contribution in [3.63, 3.8) is 0 Å². The fourth-order valence-corrected chi connectivity index (χ4v) is 3.88. The Morgan fingerprint density at radius 2 is 1.71 bits per heavy atom. The third-order valence-electron chi connectivity index (χ3n) is 4.99. The molecule has 0 aromatic rings. The van der Waals surface area contributed by atoms with Gasteiger partial charge in [0.15, 0.2) is 0 Å². The molecule has 2 rings (SSSR count). The van der Waals surface area contributed by atoms with Gasteiger partial charge in [-0.05, 0) is 31.6 Å². The average molecular weight is 239 g/mol. The fourth-order valence-electron chi connectivity index (χ4n) is 3.88. The molecule has 2 nitrogen and oxygen atoms in total. The predicted molar refractivity (Wildman–Crippen MR) is 72.2 cm³/mol. The van der Waals surface area contributed by atoms with E-state index in [1.165, 1.54) is 38.5 Å². The number of hydrogen-bond acceptors (Lipinski definition) is 2. The summed E-state index contributed by atoms with van der Waals surface area (Å²) in [5.74, 6) is 0.845. The second-order valence-electron chi connectivity index (χ2n) is 5.80. The average Bonchev–Trinajstić information content (AvgIpc) is 2.67. The van der Waals surface area contributed by atoms with Gasteiger partial charge in [-0.3, -0.25) is 0 Å². The lowest BCUT2D eigenvalue weighted by Gasteiger charge is -2.47. The summed E-state index contributed by atoms with van der Waals surface area (Å²) in [5.41, 5.74) is 0.118. The summed E-state index contributed by atoms with van der Waals surface area (Å²) in [7, 11) is 0. The van der Waals surface area contributed by atoms with Crippen molar-refractivity contribution in [3.05, 3.63) is 0 Å². The van der Waals surface area contributed by atoms with E-state index in [1.54, 1.807) is 0 Å². The summed E-state index contributed by atoms with van der Waals surface area (Å²) in [5, 5.41) is 3.78. The van der Waals surface area contributed by atoms with Crippen LogP contribution < -0.4 is 5.32 Å². The highest BCUT2D eigenvalue weighted by atomic mass is 16.5. The van der Waals surface area contributed by atoms with Gasteiger partial charge in [-0.2, -0.15) is 0 Å².